The van der Waals surface area contributed by atoms with Gasteiger partial charge in [-0.2, -0.15) is 10.5 Å². The van der Waals surface area contributed by atoms with Crippen molar-refractivity contribution >= 4 is 41.0 Å². The molecule has 1 aliphatic heterocycles. The van der Waals surface area contributed by atoms with E-state index < -0.39 is 22.5 Å². The van der Waals surface area contributed by atoms with Crippen molar-refractivity contribution in [2.45, 2.75) is 26.0 Å². The fourth-order valence-electron chi connectivity index (χ4n) is 2.42. The van der Waals surface area contributed by atoms with Crippen LogP contribution in [0.25, 0.3) is 0 Å². The van der Waals surface area contributed by atoms with Crippen molar-refractivity contribution < 1.29 is 9.59 Å². The van der Waals surface area contributed by atoms with Crippen molar-refractivity contribution in [2.24, 2.45) is 11.3 Å². The Kier molecular flexibility index (Phi) is 5.91. The van der Waals surface area contributed by atoms with E-state index in [4.69, 9.17) is 11.6 Å². The number of rotatable bonds is 4. The number of anilines is 1. The largest absolute Gasteiger partial charge is 0.319 e. The summed E-state index contributed by atoms with van der Waals surface area (Å²) in [5, 5.41) is 24.1. The van der Waals surface area contributed by atoms with E-state index in [-0.39, 0.29) is 11.5 Å². The van der Waals surface area contributed by atoms with Crippen molar-refractivity contribution in [3.05, 3.63) is 34.0 Å². The first kappa shape index (κ1) is 19.8. The molecule has 0 radical (unpaired) electrons. The Hall–Kier alpha value is -2.55. The van der Waals surface area contributed by atoms with Crippen LogP contribution in [-0.2, 0) is 9.59 Å². The minimum absolute atomic E-state index is 0.276. The van der Waals surface area contributed by atoms with Gasteiger partial charge in [0, 0.05) is 11.6 Å². The molecule has 2 rings (SSSR count). The first-order valence-electron chi connectivity index (χ1n) is 7.65. The molecule has 26 heavy (non-hydrogen) atoms. The van der Waals surface area contributed by atoms with Crippen LogP contribution in [0.1, 0.15) is 20.8 Å². The average molecular weight is 390 g/mol. The molecule has 9 heteroatoms. The van der Waals surface area contributed by atoms with E-state index in [1.165, 1.54) is 6.20 Å². The zero-order chi connectivity index (χ0) is 19.5. The Morgan fingerprint density at radius 3 is 2.69 bits per heavy atom. The third kappa shape index (κ3) is 3.98. The second-order valence-corrected chi connectivity index (χ2v) is 7.99. The lowest BCUT2D eigenvalue weighted by Gasteiger charge is -2.35. The fraction of sp³-hybridized carbons (Fsp3) is 0.353. The molecule has 0 saturated carbocycles. The number of nitriles is 2. The van der Waals surface area contributed by atoms with Gasteiger partial charge in [0.2, 0.25) is 11.8 Å². The van der Waals surface area contributed by atoms with Crippen LogP contribution in [0, 0.1) is 34.0 Å². The second kappa shape index (κ2) is 7.77. The lowest BCUT2D eigenvalue weighted by molar-refractivity contribution is -0.125. The number of hydrogen-bond donors (Lipinski definition) is 2. The van der Waals surface area contributed by atoms with Crippen LogP contribution >= 0.6 is 23.4 Å². The van der Waals surface area contributed by atoms with Crippen molar-refractivity contribution in [1.82, 2.24) is 10.3 Å². The molecule has 134 valence electrons. The van der Waals surface area contributed by atoms with E-state index in [1.807, 2.05) is 6.07 Å². The van der Waals surface area contributed by atoms with E-state index in [9.17, 15) is 20.1 Å². The molecule has 2 atom stereocenters. The predicted octanol–water partition coefficient (Wildman–Crippen LogP) is 2.83. The topological polar surface area (TPSA) is 119 Å². The monoisotopic (exact) mass is 389 g/mol. The maximum absolute atomic E-state index is 12.4. The molecular weight excluding hydrogens is 374 g/mol. The molecule has 0 aliphatic carbocycles. The number of allylic oxidation sites excluding steroid dienone is 1. The molecule has 0 fully saturated rings. The second-order valence-electron chi connectivity index (χ2n) is 6.20. The maximum atomic E-state index is 12.4. The van der Waals surface area contributed by atoms with Gasteiger partial charge in [0.1, 0.15) is 11.7 Å². The van der Waals surface area contributed by atoms with Gasteiger partial charge in [-0.15, -0.1) is 0 Å². The first-order chi connectivity index (χ1) is 12.2. The number of pyridine rings is 1. The van der Waals surface area contributed by atoms with Gasteiger partial charge < -0.3 is 10.6 Å². The molecular formula is C17H16ClN5O2S. The summed E-state index contributed by atoms with van der Waals surface area (Å²) in [6.07, 6.45) is 1.41. The van der Waals surface area contributed by atoms with Gasteiger partial charge >= 0.3 is 0 Å². The van der Waals surface area contributed by atoms with Crippen LogP contribution < -0.4 is 10.6 Å². The average Bonchev–Trinajstić information content (AvgIpc) is 2.56. The van der Waals surface area contributed by atoms with Gasteiger partial charge in [-0.1, -0.05) is 37.2 Å². The van der Waals surface area contributed by atoms with E-state index in [2.05, 4.69) is 21.7 Å². The molecule has 0 aromatic carbocycles. The van der Waals surface area contributed by atoms with Crippen LogP contribution in [0.5, 0.6) is 0 Å². The van der Waals surface area contributed by atoms with Gasteiger partial charge in [0.25, 0.3) is 0 Å². The molecule has 1 aromatic rings. The summed E-state index contributed by atoms with van der Waals surface area (Å²) in [5.41, 5.74) is -0.667. The number of carbonyl (C=O) groups is 2. The van der Waals surface area contributed by atoms with Crippen molar-refractivity contribution in [3.63, 3.8) is 0 Å². The van der Waals surface area contributed by atoms with E-state index >= 15 is 0 Å². The van der Waals surface area contributed by atoms with E-state index in [1.54, 1.807) is 32.9 Å². The van der Waals surface area contributed by atoms with E-state index in [0.29, 0.717) is 15.9 Å². The number of nitrogens with one attached hydrogen (secondary N) is 2. The maximum Gasteiger partial charge on any atom is 0.243 e. The zero-order valence-electron chi connectivity index (χ0n) is 14.3. The third-order valence-electron chi connectivity index (χ3n) is 3.98. The summed E-state index contributed by atoms with van der Waals surface area (Å²) in [6, 6.07) is 7.17. The smallest absolute Gasteiger partial charge is 0.243 e. The minimum Gasteiger partial charge on any atom is -0.319 e. The molecule has 7 nitrogen and oxygen atoms in total. The van der Waals surface area contributed by atoms with Crippen LogP contribution in [-0.4, -0.2) is 22.0 Å². The Bertz CT molecular complexity index is 851. The number of hydrogen-bond acceptors (Lipinski definition) is 6. The van der Waals surface area contributed by atoms with Crippen molar-refractivity contribution in [1.29, 1.82) is 10.5 Å². The quantitative estimate of drug-likeness (QED) is 0.817. The molecule has 0 unspecified atom stereocenters. The van der Waals surface area contributed by atoms with Gasteiger partial charge in [-0.05, 0) is 19.1 Å². The third-order valence-corrected chi connectivity index (χ3v) is 5.31. The normalized spacial score (nSPS) is 19.8. The summed E-state index contributed by atoms with van der Waals surface area (Å²) in [7, 11) is 0. The van der Waals surface area contributed by atoms with Gasteiger partial charge in [0.15, 0.2) is 0 Å². The number of nitrogens with zero attached hydrogens (tertiary/aromatic N) is 3. The molecule has 1 aromatic heterocycles. The molecule has 1 aliphatic rings. The molecule has 2 N–H and O–H groups in total. The Morgan fingerprint density at radius 2 is 2.15 bits per heavy atom. The van der Waals surface area contributed by atoms with Crippen molar-refractivity contribution in [2.75, 3.05) is 5.32 Å². The van der Waals surface area contributed by atoms with Crippen LogP contribution in [0.15, 0.2) is 28.9 Å². The molecule has 2 heterocycles. The number of thioether (sulfide) groups is 1. The van der Waals surface area contributed by atoms with Crippen LogP contribution in [0.3, 0.4) is 0 Å². The summed E-state index contributed by atoms with van der Waals surface area (Å²) < 4.78 is 0. The number of halogens is 1. The summed E-state index contributed by atoms with van der Waals surface area (Å²) in [5.74, 6) is -1.45. The number of carbonyl (C=O) groups excluding carboxylic acids is 2. The molecule has 0 spiro atoms. The Labute approximate surface area is 160 Å². The zero-order valence-corrected chi connectivity index (χ0v) is 15.9. The fourth-order valence-corrected chi connectivity index (χ4v) is 3.64. The highest BCUT2D eigenvalue weighted by molar-refractivity contribution is 8.04. The standard InChI is InChI=1S/C17H16ClN5O2S/c1-9(14(24)22-13-5-4-10(18)8-21-13)26-16-12(7-20)17(2,3)11(6-19)15(25)23-16/h4-5,8-9,11H,1-3H3,(H,23,25)(H,21,22,24)/t9-,11-/m0/s1. The van der Waals surface area contributed by atoms with Crippen molar-refractivity contribution in [3.8, 4) is 12.1 Å². The number of amides is 2. The lowest BCUT2D eigenvalue weighted by atomic mass is 9.72. The first-order valence-corrected chi connectivity index (χ1v) is 8.91. The highest BCUT2D eigenvalue weighted by atomic mass is 35.5. The van der Waals surface area contributed by atoms with Gasteiger partial charge in [-0.3, -0.25) is 9.59 Å². The summed E-state index contributed by atoms with van der Waals surface area (Å²) in [4.78, 5) is 28.5. The predicted molar refractivity (Wildman–Crippen MR) is 98.6 cm³/mol. The van der Waals surface area contributed by atoms with Crippen LogP contribution in [0.4, 0.5) is 5.82 Å². The number of aromatic nitrogens is 1. The lowest BCUT2D eigenvalue weighted by Crippen LogP contribution is -2.45. The molecule has 0 bridgehead atoms. The summed E-state index contributed by atoms with van der Waals surface area (Å²) in [6.45, 7) is 4.98. The van der Waals surface area contributed by atoms with Gasteiger partial charge in [0.05, 0.1) is 33.0 Å². The summed E-state index contributed by atoms with van der Waals surface area (Å²) >= 11 is 6.81. The Morgan fingerprint density at radius 1 is 1.46 bits per heavy atom. The minimum atomic E-state index is -0.969. The van der Waals surface area contributed by atoms with Crippen LogP contribution in [0.2, 0.25) is 5.02 Å². The SMILES string of the molecule is C[C@H](SC1=C(C#N)C(C)(C)[C@@H](C#N)C(=O)N1)C(=O)Nc1ccc(Cl)cn1. The highest BCUT2D eigenvalue weighted by Gasteiger charge is 2.45. The van der Waals surface area contributed by atoms with E-state index in [0.717, 1.165) is 11.8 Å². The Balaban J connectivity index is 2.20. The molecule has 2 amide bonds. The highest BCUT2D eigenvalue weighted by Crippen LogP contribution is 2.42. The van der Waals surface area contributed by atoms with Gasteiger partial charge in [-0.25, -0.2) is 4.98 Å². The molecule has 0 saturated heterocycles.